The molecule has 2 aliphatic rings. The van der Waals surface area contributed by atoms with Gasteiger partial charge in [-0.15, -0.1) is 0 Å². The highest BCUT2D eigenvalue weighted by atomic mass is 32.2. The zero-order valence-electron chi connectivity index (χ0n) is 12.2. The van der Waals surface area contributed by atoms with Gasteiger partial charge in [0.05, 0.1) is 12.0 Å². The molecule has 1 saturated heterocycles. The number of carbonyl (C=O) groups is 1. The summed E-state index contributed by atoms with van der Waals surface area (Å²) in [6.45, 7) is 2.01. The van der Waals surface area contributed by atoms with Crippen molar-refractivity contribution in [3.05, 3.63) is 59.7 Å². The van der Waals surface area contributed by atoms with Gasteiger partial charge in [-0.3, -0.25) is 10.2 Å². The zero-order chi connectivity index (χ0) is 15.8. The number of aliphatic imine (C=N–C) groups is 2. The van der Waals surface area contributed by atoms with Crippen LogP contribution in [-0.2, 0) is 4.79 Å². The van der Waals surface area contributed by atoms with Crippen LogP contribution >= 0.6 is 11.8 Å². The van der Waals surface area contributed by atoms with Gasteiger partial charge in [0.2, 0.25) is 0 Å². The summed E-state index contributed by atoms with van der Waals surface area (Å²) < 4.78 is 5.21. The summed E-state index contributed by atoms with van der Waals surface area (Å²) in [6, 6.07) is 11.4. The fourth-order valence-electron chi connectivity index (χ4n) is 2.24. The molecule has 3 heterocycles. The summed E-state index contributed by atoms with van der Waals surface area (Å²) in [5.41, 5.74) is 5.28. The normalized spacial score (nSPS) is 20.1. The predicted molar refractivity (Wildman–Crippen MR) is 90.0 cm³/mol. The first-order valence-corrected chi connectivity index (χ1v) is 7.79. The van der Waals surface area contributed by atoms with E-state index in [1.54, 1.807) is 24.5 Å². The number of thioether (sulfide) groups is 1. The van der Waals surface area contributed by atoms with Gasteiger partial charge < -0.3 is 4.42 Å². The van der Waals surface area contributed by atoms with Gasteiger partial charge in [0.25, 0.3) is 5.91 Å². The maximum atomic E-state index is 12.3. The highest BCUT2D eigenvalue weighted by molar-refractivity contribution is 8.27. The average molecular weight is 324 g/mol. The second kappa shape index (κ2) is 5.44. The van der Waals surface area contributed by atoms with Crippen LogP contribution in [-0.4, -0.2) is 21.3 Å². The van der Waals surface area contributed by atoms with E-state index in [0.29, 0.717) is 21.8 Å². The Hall–Kier alpha value is -2.80. The lowest BCUT2D eigenvalue weighted by atomic mass is 10.2. The lowest BCUT2D eigenvalue weighted by molar-refractivity contribution is -0.123. The molecule has 1 N–H and O–H groups in total. The third-order valence-corrected chi connectivity index (χ3v) is 4.11. The summed E-state index contributed by atoms with van der Waals surface area (Å²) in [6.07, 6.45) is 3.17. The fourth-order valence-corrected chi connectivity index (χ4v) is 3.06. The SMILES string of the molecule is Cc1cccc(N=C2NN3C(=O)/C(=C/c4ccco4)N=C3S2)c1. The maximum Gasteiger partial charge on any atom is 0.297 e. The molecule has 0 radical (unpaired) electrons. The molecule has 0 spiro atoms. The monoisotopic (exact) mass is 324 g/mol. The number of aryl methyl sites for hydroxylation is 1. The molecule has 114 valence electrons. The van der Waals surface area contributed by atoms with E-state index in [1.807, 2.05) is 31.2 Å². The molecule has 1 amide bonds. The molecule has 0 atom stereocenters. The first-order chi connectivity index (χ1) is 11.2. The Labute approximate surface area is 136 Å². The molecule has 0 saturated carbocycles. The van der Waals surface area contributed by atoms with E-state index in [0.717, 1.165) is 11.3 Å². The summed E-state index contributed by atoms with van der Waals surface area (Å²) in [7, 11) is 0. The molecule has 1 fully saturated rings. The molecular weight excluding hydrogens is 312 g/mol. The Morgan fingerprint density at radius 3 is 3.00 bits per heavy atom. The Morgan fingerprint density at radius 2 is 2.26 bits per heavy atom. The van der Waals surface area contributed by atoms with Gasteiger partial charge in [-0.2, -0.15) is 5.01 Å². The molecule has 23 heavy (non-hydrogen) atoms. The van der Waals surface area contributed by atoms with Crippen LogP contribution in [0.25, 0.3) is 6.08 Å². The largest absolute Gasteiger partial charge is 0.465 e. The average Bonchev–Trinajstić information content (AvgIpc) is 3.21. The van der Waals surface area contributed by atoms with Gasteiger partial charge in [-0.25, -0.2) is 9.98 Å². The van der Waals surface area contributed by atoms with E-state index < -0.39 is 0 Å². The molecule has 0 aliphatic carbocycles. The number of fused-ring (bicyclic) bond motifs is 1. The predicted octanol–water partition coefficient (Wildman–Crippen LogP) is 3.07. The number of benzene rings is 1. The minimum atomic E-state index is -0.224. The van der Waals surface area contributed by atoms with Crippen molar-refractivity contribution in [2.45, 2.75) is 6.92 Å². The van der Waals surface area contributed by atoms with Crippen molar-refractivity contribution in [2.75, 3.05) is 0 Å². The van der Waals surface area contributed by atoms with E-state index in [2.05, 4.69) is 15.4 Å². The molecule has 6 nitrogen and oxygen atoms in total. The lowest BCUT2D eigenvalue weighted by Crippen LogP contribution is -2.38. The minimum absolute atomic E-state index is 0.224. The van der Waals surface area contributed by atoms with Crippen molar-refractivity contribution in [2.24, 2.45) is 9.98 Å². The van der Waals surface area contributed by atoms with Gasteiger partial charge in [-0.05, 0) is 48.5 Å². The Balaban J connectivity index is 1.58. The van der Waals surface area contributed by atoms with Crippen molar-refractivity contribution >= 4 is 39.8 Å². The van der Waals surface area contributed by atoms with Crippen LogP contribution < -0.4 is 5.43 Å². The summed E-state index contributed by atoms with van der Waals surface area (Å²) in [5, 5.41) is 2.59. The van der Waals surface area contributed by atoms with Crippen LogP contribution in [0.4, 0.5) is 5.69 Å². The van der Waals surface area contributed by atoms with Crippen molar-refractivity contribution in [1.82, 2.24) is 10.4 Å². The van der Waals surface area contributed by atoms with Crippen molar-refractivity contribution in [3.8, 4) is 0 Å². The van der Waals surface area contributed by atoms with E-state index in [-0.39, 0.29) is 5.91 Å². The number of carbonyl (C=O) groups excluding carboxylic acids is 1. The molecule has 1 aromatic carbocycles. The molecule has 1 aromatic heterocycles. The van der Waals surface area contributed by atoms with E-state index in [9.17, 15) is 4.79 Å². The van der Waals surface area contributed by atoms with Crippen LogP contribution in [0.15, 0.2) is 62.8 Å². The van der Waals surface area contributed by atoms with Crippen LogP contribution in [0.1, 0.15) is 11.3 Å². The maximum absolute atomic E-state index is 12.3. The number of nitrogens with one attached hydrogen (secondary N) is 1. The lowest BCUT2D eigenvalue weighted by Gasteiger charge is -2.08. The Bertz CT molecular complexity index is 868. The van der Waals surface area contributed by atoms with Crippen LogP contribution in [0.2, 0.25) is 0 Å². The third kappa shape index (κ3) is 2.66. The summed E-state index contributed by atoms with van der Waals surface area (Å²) >= 11 is 1.32. The second-order valence-electron chi connectivity index (χ2n) is 5.05. The number of nitrogens with zero attached hydrogens (tertiary/aromatic N) is 3. The standard InChI is InChI=1S/C16H12N4O2S/c1-10-4-2-5-11(8-10)17-15-19-20-14(21)13(18-16(20)23-15)9-12-6-3-7-22-12/h2-9H,1H3,(H,17,19)/b13-9-. The van der Waals surface area contributed by atoms with Gasteiger partial charge in [-0.1, -0.05) is 12.1 Å². The summed E-state index contributed by atoms with van der Waals surface area (Å²) in [5.74, 6) is 0.371. The molecule has 4 rings (SSSR count). The number of hydrogen-bond acceptors (Lipinski definition) is 5. The molecule has 2 aliphatic heterocycles. The molecule has 0 unspecified atom stereocenters. The number of hydrazine groups is 1. The highest BCUT2D eigenvalue weighted by Gasteiger charge is 2.38. The summed E-state index contributed by atoms with van der Waals surface area (Å²) in [4.78, 5) is 21.2. The van der Waals surface area contributed by atoms with Gasteiger partial charge in [0.1, 0.15) is 11.5 Å². The van der Waals surface area contributed by atoms with Crippen LogP contribution in [0.5, 0.6) is 0 Å². The highest BCUT2D eigenvalue weighted by Crippen LogP contribution is 2.29. The smallest absolute Gasteiger partial charge is 0.297 e. The Kier molecular flexibility index (Phi) is 3.27. The van der Waals surface area contributed by atoms with Crippen molar-refractivity contribution in [1.29, 1.82) is 0 Å². The fraction of sp³-hybridized carbons (Fsp3) is 0.0625. The number of rotatable bonds is 2. The first kappa shape index (κ1) is 13.8. The van der Waals surface area contributed by atoms with Crippen LogP contribution in [0.3, 0.4) is 0 Å². The van der Waals surface area contributed by atoms with Gasteiger partial charge in [0.15, 0.2) is 10.3 Å². The zero-order valence-corrected chi connectivity index (χ0v) is 13.0. The van der Waals surface area contributed by atoms with E-state index in [4.69, 9.17) is 4.42 Å². The number of furan rings is 1. The third-order valence-electron chi connectivity index (χ3n) is 3.28. The minimum Gasteiger partial charge on any atom is -0.465 e. The molecule has 0 bridgehead atoms. The van der Waals surface area contributed by atoms with Crippen LogP contribution in [0, 0.1) is 6.92 Å². The topological polar surface area (TPSA) is 70.2 Å². The Morgan fingerprint density at radius 1 is 1.35 bits per heavy atom. The van der Waals surface area contributed by atoms with Gasteiger partial charge >= 0.3 is 0 Å². The quantitative estimate of drug-likeness (QED) is 0.862. The molecular formula is C16H12N4O2S. The molecule has 7 heteroatoms. The molecule has 2 aromatic rings. The number of amidine groups is 2. The van der Waals surface area contributed by atoms with E-state index >= 15 is 0 Å². The van der Waals surface area contributed by atoms with E-state index in [1.165, 1.54) is 16.8 Å². The van der Waals surface area contributed by atoms with Gasteiger partial charge in [0, 0.05) is 6.08 Å². The van der Waals surface area contributed by atoms with Crippen molar-refractivity contribution < 1.29 is 9.21 Å². The number of amides is 1. The second-order valence-corrected chi connectivity index (χ2v) is 6.01. The number of hydrogen-bond donors (Lipinski definition) is 1. The van der Waals surface area contributed by atoms with Crippen molar-refractivity contribution in [3.63, 3.8) is 0 Å². The first-order valence-electron chi connectivity index (χ1n) is 6.97.